The van der Waals surface area contributed by atoms with Gasteiger partial charge in [0.15, 0.2) is 0 Å². The molecule has 2 nitrogen and oxygen atoms in total. The Kier molecular flexibility index (Phi) is 3.24. The van der Waals surface area contributed by atoms with Gasteiger partial charge in [0.05, 0.1) is 0 Å². The minimum absolute atomic E-state index is 0.650. The van der Waals surface area contributed by atoms with Crippen LogP contribution in [0.2, 0.25) is 0 Å². The summed E-state index contributed by atoms with van der Waals surface area (Å²) in [6.07, 6.45) is 8.41. The summed E-state index contributed by atoms with van der Waals surface area (Å²) in [4.78, 5) is 4.20. The molecule has 1 saturated carbocycles. The lowest BCUT2D eigenvalue weighted by atomic mass is 9.74. The first-order chi connectivity index (χ1) is 7.33. The van der Waals surface area contributed by atoms with Crippen molar-refractivity contribution in [2.24, 2.45) is 5.92 Å². The summed E-state index contributed by atoms with van der Waals surface area (Å²) in [5, 5.41) is 0. The van der Waals surface area contributed by atoms with Gasteiger partial charge in [-0.15, -0.1) is 0 Å². The van der Waals surface area contributed by atoms with Gasteiger partial charge in [0.2, 0.25) is 0 Å². The van der Waals surface area contributed by atoms with Crippen molar-refractivity contribution >= 4 is 5.82 Å². The summed E-state index contributed by atoms with van der Waals surface area (Å²) in [5.41, 5.74) is 7.24. The van der Waals surface area contributed by atoms with E-state index < -0.39 is 0 Å². The minimum Gasteiger partial charge on any atom is -0.383 e. The average molecular weight is 204 g/mol. The molecule has 0 saturated heterocycles. The molecule has 0 aromatic carbocycles. The maximum Gasteiger partial charge on any atom is 0.126 e. The van der Waals surface area contributed by atoms with Crippen LogP contribution in [0.25, 0.3) is 0 Å². The van der Waals surface area contributed by atoms with Crippen LogP contribution >= 0.6 is 0 Å². The summed E-state index contributed by atoms with van der Waals surface area (Å²) < 4.78 is 0. The van der Waals surface area contributed by atoms with E-state index in [1.54, 1.807) is 6.20 Å². The van der Waals surface area contributed by atoms with E-state index in [-0.39, 0.29) is 0 Å². The van der Waals surface area contributed by atoms with Gasteiger partial charge in [-0.1, -0.05) is 32.3 Å². The van der Waals surface area contributed by atoms with E-state index in [1.165, 1.54) is 37.7 Å². The lowest BCUT2D eigenvalue weighted by Crippen LogP contribution is -2.18. The Hall–Kier alpha value is -1.05. The molecular formula is C13H20N2. The third-order valence-electron chi connectivity index (χ3n) is 3.70. The third-order valence-corrected chi connectivity index (χ3v) is 3.70. The highest BCUT2D eigenvalue weighted by Gasteiger charge is 2.26. The third kappa shape index (κ3) is 2.14. The van der Waals surface area contributed by atoms with Crippen molar-refractivity contribution in [3.63, 3.8) is 0 Å². The number of nitrogens with two attached hydrogens (primary N) is 1. The molecule has 1 heterocycles. The van der Waals surface area contributed by atoms with E-state index in [0.717, 1.165) is 11.7 Å². The topological polar surface area (TPSA) is 38.9 Å². The summed E-state index contributed by atoms with van der Waals surface area (Å²) in [6, 6.07) is 4.16. The monoisotopic (exact) mass is 204 g/mol. The van der Waals surface area contributed by atoms with Crippen LogP contribution < -0.4 is 5.73 Å². The molecule has 1 fully saturated rings. The van der Waals surface area contributed by atoms with Crippen molar-refractivity contribution < 1.29 is 0 Å². The Morgan fingerprint density at radius 1 is 1.40 bits per heavy atom. The predicted octanol–water partition coefficient (Wildman–Crippen LogP) is 3.35. The number of hydrogen-bond acceptors (Lipinski definition) is 2. The molecule has 15 heavy (non-hydrogen) atoms. The molecule has 0 radical (unpaired) electrons. The van der Waals surface area contributed by atoms with Crippen molar-refractivity contribution in [1.82, 2.24) is 4.98 Å². The first-order valence-electron chi connectivity index (χ1n) is 6.03. The van der Waals surface area contributed by atoms with Gasteiger partial charge in [0.1, 0.15) is 5.82 Å². The highest BCUT2D eigenvalue weighted by molar-refractivity contribution is 5.41. The fourth-order valence-corrected chi connectivity index (χ4v) is 2.85. The molecule has 82 valence electrons. The highest BCUT2D eigenvalue weighted by atomic mass is 14.8. The van der Waals surface area contributed by atoms with E-state index in [0.29, 0.717) is 5.92 Å². The van der Waals surface area contributed by atoms with Gasteiger partial charge in [-0.25, -0.2) is 4.98 Å². The van der Waals surface area contributed by atoms with Gasteiger partial charge in [-0.2, -0.15) is 0 Å². The second-order valence-electron chi connectivity index (χ2n) is 4.54. The number of nitrogen functional groups attached to an aromatic ring is 1. The molecule has 1 aromatic heterocycles. The Bertz CT molecular complexity index is 322. The van der Waals surface area contributed by atoms with Crippen LogP contribution in [0.1, 0.15) is 50.5 Å². The van der Waals surface area contributed by atoms with Crippen molar-refractivity contribution in [3.8, 4) is 0 Å². The van der Waals surface area contributed by atoms with E-state index in [2.05, 4.69) is 18.0 Å². The molecule has 1 aliphatic carbocycles. The smallest absolute Gasteiger partial charge is 0.126 e. The Balaban J connectivity index is 2.24. The molecule has 2 unspecified atom stereocenters. The number of pyridine rings is 1. The van der Waals surface area contributed by atoms with Gasteiger partial charge in [-0.05, 0) is 36.3 Å². The maximum absolute atomic E-state index is 5.96. The summed E-state index contributed by atoms with van der Waals surface area (Å²) >= 11 is 0. The fraction of sp³-hybridized carbons (Fsp3) is 0.615. The summed E-state index contributed by atoms with van der Waals surface area (Å²) in [7, 11) is 0. The van der Waals surface area contributed by atoms with Crippen LogP contribution in [0, 0.1) is 5.92 Å². The average Bonchev–Trinajstić information content (AvgIpc) is 2.30. The Morgan fingerprint density at radius 2 is 2.20 bits per heavy atom. The first-order valence-corrected chi connectivity index (χ1v) is 6.03. The zero-order chi connectivity index (χ0) is 10.7. The maximum atomic E-state index is 5.96. The van der Waals surface area contributed by atoms with Crippen LogP contribution in [-0.4, -0.2) is 4.98 Å². The SMILES string of the molecule is CCC1CCCCC1c1cccnc1N. The van der Waals surface area contributed by atoms with Crippen molar-refractivity contribution in [3.05, 3.63) is 23.9 Å². The lowest BCUT2D eigenvalue weighted by molar-refractivity contribution is 0.299. The quantitative estimate of drug-likeness (QED) is 0.802. The molecule has 2 heteroatoms. The van der Waals surface area contributed by atoms with E-state index >= 15 is 0 Å². The fourth-order valence-electron chi connectivity index (χ4n) is 2.85. The van der Waals surface area contributed by atoms with Gasteiger partial charge in [-0.3, -0.25) is 0 Å². The number of nitrogens with zero attached hydrogens (tertiary/aromatic N) is 1. The second kappa shape index (κ2) is 4.65. The van der Waals surface area contributed by atoms with Crippen LogP contribution in [-0.2, 0) is 0 Å². The molecule has 2 atom stereocenters. The number of anilines is 1. The van der Waals surface area contributed by atoms with Gasteiger partial charge >= 0.3 is 0 Å². The lowest BCUT2D eigenvalue weighted by Gasteiger charge is -2.31. The van der Waals surface area contributed by atoms with Crippen LogP contribution in [0.3, 0.4) is 0 Å². The van der Waals surface area contributed by atoms with E-state index in [4.69, 9.17) is 5.73 Å². The molecular weight excluding hydrogens is 184 g/mol. The predicted molar refractivity (Wildman–Crippen MR) is 63.6 cm³/mol. The molecule has 0 amide bonds. The Labute approximate surface area is 91.9 Å². The number of hydrogen-bond donors (Lipinski definition) is 1. The summed E-state index contributed by atoms with van der Waals surface area (Å²) in [6.45, 7) is 2.29. The van der Waals surface area contributed by atoms with Gasteiger partial charge in [0.25, 0.3) is 0 Å². The molecule has 1 aliphatic rings. The standard InChI is InChI=1S/C13H20N2/c1-2-10-6-3-4-7-11(10)12-8-5-9-15-13(12)14/h5,8-11H,2-4,6-7H2,1H3,(H2,14,15). The molecule has 2 N–H and O–H groups in total. The van der Waals surface area contributed by atoms with Crippen LogP contribution in [0.4, 0.5) is 5.82 Å². The molecule has 0 aliphatic heterocycles. The molecule has 0 spiro atoms. The normalized spacial score (nSPS) is 26.5. The van der Waals surface area contributed by atoms with Crippen molar-refractivity contribution in [1.29, 1.82) is 0 Å². The second-order valence-corrected chi connectivity index (χ2v) is 4.54. The van der Waals surface area contributed by atoms with Gasteiger partial charge < -0.3 is 5.73 Å². The van der Waals surface area contributed by atoms with Gasteiger partial charge in [0, 0.05) is 6.20 Å². The number of aromatic nitrogens is 1. The van der Waals surface area contributed by atoms with Crippen molar-refractivity contribution in [2.45, 2.75) is 44.9 Å². The molecule has 1 aromatic rings. The Morgan fingerprint density at radius 3 is 2.93 bits per heavy atom. The molecule has 0 bridgehead atoms. The van der Waals surface area contributed by atoms with Crippen molar-refractivity contribution in [2.75, 3.05) is 5.73 Å². The van der Waals surface area contributed by atoms with Crippen LogP contribution in [0.15, 0.2) is 18.3 Å². The molecule has 2 rings (SSSR count). The zero-order valence-corrected chi connectivity index (χ0v) is 9.45. The number of rotatable bonds is 2. The largest absolute Gasteiger partial charge is 0.383 e. The van der Waals surface area contributed by atoms with E-state index in [9.17, 15) is 0 Å². The summed E-state index contributed by atoms with van der Waals surface area (Å²) in [5.74, 6) is 2.20. The van der Waals surface area contributed by atoms with E-state index in [1.807, 2.05) is 6.07 Å². The van der Waals surface area contributed by atoms with Crippen LogP contribution in [0.5, 0.6) is 0 Å². The first kappa shape index (κ1) is 10.5. The zero-order valence-electron chi connectivity index (χ0n) is 9.45. The minimum atomic E-state index is 0.650. The highest BCUT2D eigenvalue weighted by Crippen LogP contribution is 2.40.